The van der Waals surface area contributed by atoms with Crippen molar-refractivity contribution in [3.8, 4) is 0 Å². The van der Waals surface area contributed by atoms with Crippen molar-refractivity contribution in [3.05, 3.63) is 17.3 Å². The molecule has 3 rings (SSSR count). The lowest BCUT2D eigenvalue weighted by atomic mass is 9.97. The number of piperazine rings is 1. The Morgan fingerprint density at radius 2 is 1.72 bits per heavy atom. The average molecular weight is 378 g/mol. The molecule has 1 aliphatic carbocycles. The topological polar surface area (TPSA) is 66.4 Å². The van der Waals surface area contributed by atoms with Gasteiger partial charge in [-0.1, -0.05) is 0 Å². The molecule has 1 aliphatic heterocycles. The number of hydrogen-bond acceptors (Lipinski definition) is 5. The smallest absolute Gasteiger partial charge is 0.352 e. The zero-order valence-electron chi connectivity index (χ0n) is 13.8. The second-order valence-electron chi connectivity index (χ2n) is 6.45. The zero-order valence-corrected chi connectivity index (χ0v) is 14.6. The van der Waals surface area contributed by atoms with Crippen LogP contribution >= 0.6 is 0 Å². The molecule has 1 aromatic heterocycles. The van der Waals surface area contributed by atoms with Crippen LogP contribution in [0.1, 0.15) is 30.5 Å². The van der Waals surface area contributed by atoms with Gasteiger partial charge in [-0.3, -0.25) is 0 Å². The average Bonchev–Trinajstić information content (AvgIpc) is 2.59. The second-order valence-corrected chi connectivity index (χ2v) is 8.54. The minimum Gasteiger partial charge on any atom is -0.352 e. The maximum Gasteiger partial charge on any atom is 0.390 e. The van der Waals surface area contributed by atoms with Crippen molar-refractivity contribution < 1.29 is 21.6 Å². The Kier molecular flexibility index (Phi) is 5.19. The van der Waals surface area contributed by atoms with Gasteiger partial charge in [0.05, 0.1) is 17.9 Å². The molecule has 1 fully saturated rings. The van der Waals surface area contributed by atoms with Crippen LogP contribution < -0.4 is 4.90 Å². The first-order chi connectivity index (χ1) is 11.7. The molecular formula is C15H21F3N4O2S. The van der Waals surface area contributed by atoms with Gasteiger partial charge in [-0.05, 0) is 37.3 Å². The Morgan fingerprint density at radius 3 is 2.40 bits per heavy atom. The molecule has 0 saturated carbocycles. The molecule has 0 unspecified atom stereocenters. The van der Waals surface area contributed by atoms with Gasteiger partial charge in [0.1, 0.15) is 0 Å². The fourth-order valence-electron chi connectivity index (χ4n) is 3.20. The van der Waals surface area contributed by atoms with E-state index >= 15 is 0 Å². The first-order valence-corrected chi connectivity index (χ1v) is 10.0. The number of sulfonamides is 1. The molecule has 140 valence electrons. The number of aromatic nitrogens is 2. The molecule has 25 heavy (non-hydrogen) atoms. The van der Waals surface area contributed by atoms with E-state index in [-0.39, 0.29) is 13.1 Å². The Morgan fingerprint density at radius 1 is 1.04 bits per heavy atom. The SMILES string of the molecule is O=S(=O)(CCC(F)(F)F)N1CCN(c2cc3c(nn2)CCCC3)CC1. The molecule has 0 amide bonds. The molecule has 0 aromatic carbocycles. The first-order valence-electron chi connectivity index (χ1n) is 8.40. The number of halogens is 3. The third-order valence-electron chi connectivity index (χ3n) is 4.66. The number of rotatable bonds is 4. The van der Waals surface area contributed by atoms with Gasteiger partial charge in [0.2, 0.25) is 10.0 Å². The van der Waals surface area contributed by atoms with Crippen LogP contribution in [0.5, 0.6) is 0 Å². The van der Waals surface area contributed by atoms with Gasteiger partial charge in [0, 0.05) is 26.2 Å². The van der Waals surface area contributed by atoms with Crippen LogP contribution in [0.3, 0.4) is 0 Å². The van der Waals surface area contributed by atoms with E-state index in [2.05, 4.69) is 10.2 Å². The van der Waals surface area contributed by atoms with E-state index < -0.39 is 28.4 Å². The highest BCUT2D eigenvalue weighted by Gasteiger charge is 2.34. The summed E-state index contributed by atoms with van der Waals surface area (Å²) in [5, 5.41) is 8.50. The van der Waals surface area contributed by atoms with E-state index in [0.29, 0.717) is 18.9 Å². The number of aryl methyl sites for hydroxylation is 2. The van der Waals surface area contributed by atoms with E-state index in [4.69, 9.17) is 0 Å². The van der Waals surface area contributed by atoms with Crippen LogP contribution in [0.15, 0.2) is 6.07 Å². The fourth-order valence-corrected chi connectivity index (χ4v) is 4.67. The van der Waals surface area contributed by atoms with Crippen molar-refractivity contribution >= 4 is 15.8 Å². The van der Waals surface area contributed by atoms with Gasteiger partial charge in [-0.2, -0.15) is 22.6 Å². The summed E-state index contributed by atoms with van der Waals surface area (Å²) in [4.78, 5) is 1.94. The second kappa shape index (κ2) is 7.06. The highest BCUT2D eigenvalue weighted by molar-refractivity contribution is 7.89. The van der Waals surface area contributed by atoms with E-state index in [1.165, 1.54) is 5.56 Å². The third-order valence-corrected chi connectivity index (χ3v) is 6.53. The predicted molar refractivity (Wildman–Crippen MR) is 86.9 cm³/mol. The standard InChI is InChI=1S/C15H21F3N4O2S/c16-15(17,18)5-10-25(23,24)22-8-6-21(7-9-22)14-11-12-3-1-2-4-13(12)19-20-14/h11H,1-10H2. The summed E-state index contributed by atoms with van der Waals surface area (Å²) in [7, 11) is -3.89. The molecular weight excluding hydrogens is 357 g/mol. The van der Waals surface area contributed by atoms with Gasteiger partial charge < -0.3 is 4.90 Å². The largest absolute Gasteiger partial charge is 0.390 e. The molecule has 1 saturated heterocycles. The highest BCUT2D eigenvalue weighted by Crippen LogP contribution is 2.24. The van der Waals surface area contributed by atoms with E-state index in [9.17, 15) is 21.6 Å². The summed E-state index contributed by atoms with van der Waals surface area (Å²) in [6, 6.07) is 2.01. The number of hydrogen-bond donors (Lipinski definition) is 0. The van der Waals surface area contributed by atoms with E-state index in [1.807, 2.05) is 11.0 Å². The lowest BCUT2D eigenvalue weighted by molar-refractivity contribution is -0.130. The maximum absolute atomic E-state index is 12.3. The van der Waals surface area contributed by atoms with Gasteiger partial charge >= 0.3 is 6.18 Å². The molecule has 0 bridgehead atoms. The molecule has 6 nitrogen and oxygen atoms in total. The summed E-state index contributed by atoms with van der Waals surface area (Å²) in [5.74, 6) is -0.178. The van der Waals surface area contributed by atoms with Gasteiger partial charge in [-0.15, -0.1) is 5.10 Å². The Labute approximate surface area is 145 Å². The van der Waals surface area contributed by atoms with Gasteiger partial charge in [-0.25, -0.2) is 8.42 Å². The number of alkyl halides is 3. The third kappa shape index (κ3) is 4.60. The van der Waals surface area contributed by atoms with Crippen LogP contribution in [0.4, 0.5) is 19.0 Å². The summed E-state index contributed by atoms with van der Waals surface area (Å²) in [5.41, 5.74) is 2.22. The highest BCUT2D eigenvalue weighted by atomic mass is 32.2. The van der Waals surface area contributed by atoms with Crippen molar-refractivity contribution in [1.29, 1.82) is 0 Å². The van der Waals surface area contributed by atoms with Crippen LogP contribution in [0.2, 0.25) is 0 Å². The van der Waals surface area contributed by atoms with Crippen molar-refractivity contribution in [2.24, 2.45) is 0 Å². The Balaban J connectivity index is 1.60. The molecule has 2 heterocycles. The fraction of sp³-hybridized carbons (Fsp3) is 0.733. The van der Waals surface area contributed by atoms with Gasteiger partial charge in [0.15, 0.2) is 5.82 Å². The number of fused-ring (bicyclic) bond motifs is 1. The normalized spacial score (nSPS) is 19.7. The van der Waals surface area contributed by atoms with Crippen LogP contribution in [-0.4, -0.2) is 61.0 Å². The molecule has 10 heteroatoms. The Bertz CT molecular complexity index is 716. The Hall–Kier alpha value is -1.42. The maximum atomic E-state index is 12.3. The van der Waals surface area contributed by atoms with Crippen molar-refractivity contribution in [2.75, 3.05) is 36.8 Å². The first kappa shape index (κ1) is 18.4. The monoisotopic (exact) mass is 378 g/mol. The quantitative estimate of drug-likeness (QED) is 0.799. The summed E-state index contributed by atoms with van der Waals surface area (Å²) in [6.07, 6.45) is -1.62. The minimum absolute atomic E-state index is 0.166. The number of nitrogens with zero attached hydrogens (tertiary/aromatic N) is 4. The van der Waals surface area contributed by atoms with Crippen LogP contribution in [0, 0.1) is 0 Å². The summed E-state index contributed by atoms with van der Waals surface area (Å²) < 4.78 is 62.0. The van der Waals surface area contributed by atoms with E-state index in [0.717, 1.165) is 35.7 Å². The van der Waals surface area contributed by atoms with Crippen molar-refractivity contribution in [3.63, 3.8) is 0 Å². The van der Waals surface area contributed by atoms with Crippen LogP contribution in [0.25, 0.3) is 0 Å². The molecule has 0 radical (unpaired) electrons. The lowest BCUT2D eigenvalue weighted by Gasteiger charge is -2.34. The number of anilines is 1. The van der Waals surface area contributed by atoms with E-state index in [1.54, 1.807) is 0 Å². The molecule has 0 spiro atoms. The molecule has 0 atom stereocenters. The molecule has 0 N–H and O–H groups in total. The van der Waals surface area contributed by atoms with Crippen molar-refractivity contribution in [2.45, 2.75) is 38.3 Å². The molecule has 2 aliphatic rings. The van der Waals surface area contributed by atoms with Crippen molar-refractivity contribution in [1.82, 2.24) is 14.5 Å². The zero-order chi connectivity index (χ0) is 18.1. The predicted octanol–water partition coefficient (Wildman–Crippen LogP) is 1.76. The lowest BCUT2D eigenvalue weighted by Crippen LogP contribution is -2.49. The molecule has 1 aromatic rings. The van der Waals surface area contributed by atoms with Crippen LogP contribution in [-0.2, 0) is 22.9 Å². The minimum atomic E-state index is -4.46. The summed E-state index contributed by atoms with van der Waals surface area (Å²) >= 11 is 0. The summed E-state index contributed by atoms with van der Waals surface area (Å²) in [6.45, 7) is 1.13. The van der Waals surface area contributed by atoms with Gasteiger partial charge in [0.25, 0.3) is 0 Å².